The van der Waals surface area contributed by atoms with Crippen LogP contribution >= 0.6 is 0 Å². The molecular weight excluding hydrogens is 361 g/mol. The van der Waals surface area contributed by atoms with Crippen LogP contribution in [0, 0.1) is 5.82 Å². The lowest BCUT2D eigenvalue weighted by Crippen LogP contribution is -2.57. The summed E-state index contributed by atoms with van der Waals surface area (Å²) >= 11 is 0. The van der Waals surface area contributed by atoms with E-state index in [2.05, 4.69) is 15.3 Å². The summed E-state index contributed by atoms with van der Waals surface area (Å²) in [5.41, 5.74) is 7.15. The number of hydrogen-bond donors (Lipinski definition) is 3. The molecule has 2 aliphatic heterocycles. The minimum atomic E-state index is -0.963. The first kappa shape index (κ1) is 18.2. The van der Waals surface area contributed by atoms with Crippen molar-refractivity contribution in [2.24, 2.45) is 10.7 Å². The van der Waals surface area contributed by atoms with Crippen molar-refractivity contribution in [2.75, 3.05) is 11.9 Å². The molecule has 1 aromatic carbocycles. The molecule has 3 atom stereocenters. The van der Waals surface area contributed by atoms with Crippen LogP contribution in [0.3, 0.4) is 0 Å². The summed E-state index contributed by atoms with van der Waals surface area (Å²) in [4.78, 5) is 22.1. The number of anilines is 1. The molecule has 3 heterocycles. The Labute approximate surface area is 162 Å². The fraction of sp³-hybridized carbons (Fsp3) is 0.350. The smallest absolute Gasteiger partial charge is 0.407 e. The molecular formula is C20H22FN5O2. The van der Waals surface area contributed by atoms with Gasteiger partial charge in [0.15, 0.2) is 0 Å². The van der Waals surface area contributed by atoms with E-state index in [4.69, 9.17) is 5.73 Å². The average Bonchev–Trinajstić information content (AvgIpc) is 2.67. The molecule has 4 N–H and O–H groups in total. The van der Waals surface area contributed by atoms with E-state index in [1.54, 1.807) is 24.5 Å². The van der Waals surface area contributed by atoms with Crippen molar-refractivity contribution < 1.29 is 14.3 Å². The van der Waals surface area contributed by atoms with Crippen LogP contribution < -0.4 is 11.1 Å². The maximum absolute atomic E-state index is 14.2. The first-order chi connectivity index (χ1) is 13.4. The van der Waals surface area contributed by atoms with E-state index in [0.717, 1.165) is 5.56 Å². The Morgan fingerprint density at radius 3 is 2.96 bits per heavy atom. The zero-order valence-electron chi connectivity index (χ0n) is 15.5. The number of nitrogens with one attached hydrogen (secondary N) is 1. The van der Waals surface area contributed by atoms with Crippen LogP contribution in [0.25, 0.3) is 0 Å². The Hall–Kier alpha value is -3.16. The highest BCUT2D eigenvalue weighted by molar-refractivity contribution is 6.04. The van der Waals surface area contributed by atoms with Crippen LogP contribution in [0.2, 0.25) is 0 Å². The number of carbonyl (C=O) groups is 1. The molecule has 1 saturated heterocycles. The van der Waals surface area contributed by atoms with Crippen LogP contribution in [0.15, 0.2) is 47.7 Å². The molecule has 4 rings (SSSR count). The SMILES string of the molecule is CC(c1cccnc1)C1CC2(CCN1C(=O)O)N=C(N)c1c(F)cccc1N2. The molecule has 1 spiro atoms. The highest BCUT2D eigenvalue weighted by Gasteiger charge is 2.46. The van der Waals surface area contributed by atoms with Crippen molar-refractivity contribution >= 4 is 17.6 Å². The summed E-state index contributed by atoms with van der Waals surface area (Å²) in [7, 11) is 0. The van der Waals surface area contributed by atoms with Crippen molar-refractivity contribution in [3.63, 3.8) is 0 Å². The number of aromatic nitrogens is 1. The van der Waals surface area contributed by atoms with Gasteiger partial charge in [0.1, 0.15) is 17.3 Å². The molecule has 2 aromatic rings. The standard InChI is InChI=1S/C20H22FN5O2/c1-12(13-4-3-8-23-11-13)16-10-20(7-9-26(16)19(27)28)24-15-6-2-5-14(21)17(15)18(22)25-20/h2-6,8,11-12,16,24H,7,9-10H2,1H3,(H2,22,25)(H,27,28). The molecule has 1 aromatic heterocycles. The monoisotopic (exact) mass is 383 g/mol. The molecule has 28 heavy (non-hydrogen) atoms. The van der Waals surface area contributed by atoms with Gasteiger partial charge in [-0.25, -0.2) is 14.2 Å². The second kappa shape index (κ2) is 6.78. The third-order valence-electron chi connectivity index (χ3n) is 5.72. The van der Waals surface area contributed by atoms with Crippen LogP contribution in [0.1, 0.15) is 36.8 Å². The van der Waals surface area contributed by atoms with Gasteiger partial charge >= 0.3 is 6.09 Å². The molecule has 1 amide bonds. The molecule has 0 aliphatic carbocycles. The third kappa shape index (κ3) is 3.04. The number of pyridine rings is 1. The first-order valence-corrected chi connectivity index (χ1v) is 9.22. The summed E-state index contributed by atoms with van der Waals surface area (Å²) in [5, 5.41) is 13.1. The quantitative estimate of drug-likeness (QED) is 0.740. The molecule has 0 bridgehead atoms. The number of amides is 1. The zero-order chi connectivity index (χ0) is 19.9. The number of nitrogens with zero attached hydrogens (tertiary/aromatic N) is 3. The zero-order valence-corrected chi connectivity index (χ0v) is 15.5. The van der Waals surface area contributed by atoms with Crippen molar-refractivity contribution in [3.05, 3.63) is 59.7 Å². The van der Waals surface area contributed by atoms with Crippen molar-refractivity contribution in [2.45, 2.75) is 37.4 Å². The van der Waals surface area contributed by atoms with Gasteiger partial charge in [0.05, 0.1) is 5.56 Å². The van der Waals surface area contributed by atoms with Gasteiger partial charge in [-0.3, -0.25) is 4.98 Å². The minimum absolute atomic E-state index is 0.0888. The number of benzene rings is 1. The molecule has 8 heteroatoms. The van der Waals surface area contributed by atoms with E-state index in [9.17, 15) is 14.3 Å². The number of fused-ring (bicyclic) bond motifs is 1. The summed E-state index contributed by atoms with van der Waals surface area (Å²) in [6, 6.07) is 8.19. The van der Waals surface area contributed by atoms with Crippen LogP contribution in [0.4, 0.5) is 14.9 Å². The van der Waals surface area contributed by atoms with E-state index in [-0.39, 0.29) is 23.4 Å². The van der Waals surface area contributed by atoms with Gasteiger partial charge in [0, 0.05) is 49.4 Å². The second-order valence-electron chi connectivity index (χ2n) is 7.39. The van der Waals surface area contributed by atoms with E-state index >= 15 is 0 Å². The van der Waals surface area contributed by atoms with Gasteiger partial charge in [-0.1, -0.05) is 19.1 Å². The molecule has 3 unspecified atom stereocenters. The maximum Gasteiger partial charge on any atom is 0.407 e. The Kier molecular flexibility index (Phi) is 4.41. The fourth-order valence-corrected chi connectivity index (χ4v) is 4.25. The predicted octanol–water partition coefficient (Wildman–Crippen LogP) is 2.99. The summed E-state index contributed by atoms with van der Waals surface area (Å²) in [5.74, 6) is -0.373. The Morgan fingerprint density at radius 2 is 2.25 bits per heavy atom. The Morgan fingerprint density at radius 1 is 1.43 bits per heavy atom. The van der Waals surface area contributed by atoms with Crippen LogP contribution in [0.5, 0.6) is 0 Å². The summed E-state index contributed by atoms with van der Waals surface area (Å²) in [6.45, 7) is 2.29. The first-order valence-electron chi connectivity index (χ1n) is 9.22. The fourth-order valence-electron chi connectivity index (χ4n) is 4.25. The lowest BCUT2D eigenvalue weighted by atomic mass is 9.81. The lowest BCUT2D eigenvalue weighted by Gasteiger charge is -2.47. The summed E-state index contributed by atoms with van der Waals surface area (Å²) < 4.78 is 14.2. The number of rotatable bonds is 2. The normalized spacial score (nSPS) is 24.9. The number of amidine groups is 1. The number of halogens is 1. The van der Waals surface area contributed by atoms with Gasteiger partial charge in [0.2, 0.25) is 0 Å². The molecule has 0 radical (unpaired) electrons. The van der Waals surface area contributed by atoms with Crippen LogP contribution in [-0.4, -0.2) is 45.2 Å². The number of nitrogens with two attached hydrogens (primary N) is 1. The second-order valence-corrected chi connectivity index (χ2v) is 7.39. The highest BCUT2D eigenvalue weighted by atomic mass is 19.1. The van der Waals surface area contributed by atoms with Crippen molar-refractivity contribution in [1.82, 2.24) is 9.88 Å². The van der Waals surface area contributed by atoms with Gasteiger partial charge in [0.25, 0.3) is 0 Å². The highest BCUT2D eigenvalue weighted by Crippen LogP contribution is 2.40. The number of aliphatic imine (C=N–C) groups is 1. The number of likely N-dealkylation sites (tertiary alicyclic amines) is 1. The van der Waals surface area contributed by atoms with Gasteiger partial charge in [-0.2, -0.15) is 0 Å². The lowest BCUT2D eigenvalue weighted by molar-refractivity contribution is 0.0779. The molecule has 1 fully saturated rings. The van der Waals surface area contributed by atoms with E-state index in [1.807, 2.05) is 19.1 Å². The van der Waals surface area contributed by atoms with Gasteiger partial charge in [-0.15, -0.1) is 0 Å². The molecule has 0 saturated carbocycles. The third-order valence-corrected chi connectivity index (χ3v) is 5.72. The van der Waals surface area contributed by atoms with Crippen molar-refractivity contribution in [1.29, 1.82) is 0 Å². The Balaban J connectivity index is 1.70. The van der Waals surface area contributed by atoms with Crippen molar-refractivity contribution in [3.8, 4) is 0 Å². The van der Waals surface area contributed by atoms with E-state index in [1.165, 1.54) is 11.0 Å². The van der Waals surface area contributed by atoms with Gasteiger partial charge in [-0.05, 0) is 23.8 Å². The van der Waals surface area contributed by atoms with Gasteiger partial charge < -0.3 is 21.1 Å². The van der Waals surface area contributed by atoms with E-state index < -0.39 is 17.6 Å². The van der Waals surface area contributed by atoms with E-state index in [0.29, 0.717) is 25.1 Å². The minimum Gasteiger partial charge on any atom is -0.465 e. The number of piperidine rings is 1. The Bertz CT molecular complexity index is 935. The predicted molar refractivity (Wildman–Crippen MR) is 104 cm³/mol. The largest absolute Gasteiger partial charge is 0.465 e. The molecule has 2 aliphatic rings. The number of carboxylic acid groups (broad SMARTS) is 1. The van der Waals surface area contributed by atoms with Crippen LogP contribution in [-0.2, 0) is 0 Å². The molecule has 7 nitrogen and oxygen atoms in total. The summed E-state index contributed by atoms with van der Waals surface area (Å²) in [6.07, 6.45) is 3.35. The topological polar surface area (TPSA) is 104 Å². The average molecular weight is 383 g/mol. The maximum atomic E-state index is 14.2. The number of hydrogen-bond acceptors (Lipinski definition) is 5. The molecule has 146 valence electrons.